The molecular formula is C25H20BrN3O. The number of carbonyl (C=O) groups excluding carboxylic acids is 1. The number of fused-ring (bicyclic) bond motifs is 1. The van der Waals surface area contributed by atoms with E-state index in [1.807, 2.05) is 77.5 Å². The molecule has 0 radical (unpaired) electrons. The van der Waals surface area contributed by atoms with Gasteiger partial charge >= 0.3 is 0 Å². The summed E-state index contributed by atoms with van der Waals surface area (Å²) in [6.07, 6.45) is 0.864. The van der Waals surface area contributed by atoms with Crippen molar-refractivity contribution in [1.82, 2.24) is 15.1 Å². The van der Waals surface area contributed by atoms with E-state index >= 15 is 0 Å². The SMILES string of the molecule is CCc1ccccc1-n1nc(-c2ccccc2)c2c1C(=O)NC2c1ccc(Br)cc1. The molecule has 5 rings (SSSR count). The zero-order valence-corrected chi connectivity index (χ0v) is 18.1. The van der Waals surface area contributed by atoms with Crippen molar-refractivity contribution in [2.45, 2.75) is 19.4 Å². The van der Waals surface area contributed by atoms with Crippen LogP contribution >= 0.6 is 15.9 Å². The highest BCUT2D eigenvalue weighted by Crippen LogP contribution is 2.39. The average molecular weight is 458 g/mol. The summed E-state index contributed by atoms with van der Waals surface area (Å²) in [7, 11) is 0. The second-order valence-electron chi connectivity index (χ2n) is 7.33. The number of nitrogens with one attached hydrogen (secondary N) is 1. The molecule has 0 aliphatic carbocycles. The largest absolute Gasteiger partial charge is 0.340 e. The number of amides is 1. The Balaban J connectivity index is 1.78. The zero-order chi connectivity index (χ0) is 20.7. The number of aromatic nitrogens is 2. The Bertz CT molecular complexity index is 1230. The van der Waals surface area contributed by atoms with Gasteiger partial charge in [-0.15, -0.1) is 0 Å². The summed E-state index contributed by atoms with van der Waals surface area (Å²) in [6, 6.07) is 26.0. The van der Waals surface area contributed by atoms with Crippen molar-refractivity contribution in [2.24, 2.45) is 0 Å². The number of hydrogen-bond donors (Lipinski definition) is 1. The Morgan fingerprint density at radius 1 is 0.967 bits per heavy atom. The molecule has 0 spiro atoms. The fraction of sp³-hybridized carbons (Fsp3) is 0.120. The molecule has 1 amide bonds. The van der Waals surface area contributed by atoms with Crippen LogP contribution in [0.5, 0.6) is 0 Å². The fourth-order valence-corrected chi connectivity index (χ4v) is 4.36. The molecule has 1 N–H and O–H groups in total. The fourth-order valence-electron chi connectivity index (χ4n) is 4.10. The Morgan fingerprint density at radius 3 is 2.40 bits per heavy atom. The van der Waals surface area contributed by atoms with Crippen molar-refractivity contribution in [3.8, 4) is 16.9 Å². The summed E-state index contributed by atoms with van der Waals surface area (Å²) in [5.41, 5.74) is 6.52. The highest BCUT2D eigenvalue weighted by molar-refractivity contribution is 9.10. The summed E-state index contributed by atoms with van der Waals surface area (Å²) in [6.45, 7) is 2.12. The Labute approximate surface area is 183 Å². The first kappa shape index (κ1) is 18.8. The standard InChI is InChI=1S/C25H20BrN3O/c1-2-16-8-6-7-11-20(16)29-24-21(23(28-29)17-9-4-3-5-10-17)22(27-25(24)30)18-12-14-19(26)15-13-18/h3-15,22H,2H2,1H3,(H,27,30). The third-order valence-electron chi connectivity index (χ3n) is 5.55. The van der Waals surface area contributed by atoms with E-state index in [-0.39, 0.29) is 11.9 Å². The van der Waals surface area contributed by atoms with E-state index in [2.05, 4.69) is 34.2 Å². The number of hydrogen-bond acceptors (Lipinski definition) is 2. The van der Waals surface area contributed by atoms with Crippen LogP contribution in [0.15, 0.2) is 83.3 Å². The van der Waals surface area contributed by atoms with Gasteiger partial charge in [0, 0.05) is 15.6 Å². The van der Waals surface area contributed by atoms with Gasteiger partial charge in [0.15, 0.2) is 0 Å². The minimum Gasteiger partial charge on any atom is -0.340 e. The molecular weight excluding hydrogens is 438 g/mol. The van der Waals surface area contributed by atoms with Gasteiger partial charge in [0.1, 0.15) is 5.69 Å². The highest BCUT2D eigenvalue weighted by atomic mass is 79.9. The predicted molar refractivity (Wildman–Crippen MR) is 122 cm³/mol. The zero-order valence-electron chi connectivity index (χ0n) is 16.5. The van der Waals surface area contributed by atoms with Crippen LogP contribution in [0, 0.1) is 0 Å². The van der Waals surface area contributed by atoms with Crippen LogP contribution in [-0.2, 0) is 6.42 Å². The van der Waals surface area contributed by atoms with Crippen LogP contribution in [0.3, 0.4) is 0 Å². The third kappa shape index (κ3) is 3.06. The minimum absolute atomic E-state index is 0.0986. The first-order valence-electron chi connectivity index (χ1n) is 10.0. The summed E-state index contributed by atoms with van der Waals surface area (Å²) in [5, 5.41) is 8.15. The number of rotatable bonds is 4. The molecule has 4 nitrogen and oxygen atoms in total. The molecule has 0 saturated heterocycles. The summed E-state index contributed by atoms with van der Waals surface area (Å²) in [5.74, 6) is -0.0986. The second-order valence-corrected chi connectivity index (χ2v) is 8.24. The van der Waals surface area contributed by atoms with E-state index in [9.17, 15) is 4.79 Å². The van der Waals surface area contributed by atoms with Gasteiger partial charge in [-0.25, -0.2) is 4.68 Å². The van der Waals surface area contributed by atoms with Crippen LogP contribution < -0.4 is 5.32 Å². The van der Waals surface area contributed by atoms with Crippen LogP contribution in [0.25, 0.3) is 16.9 Å². The highest BCUT2D eigenvalue weighted by Gasteiger charge is 2.38. The van der Waals surface area contributed by atoms with E-state index in [4.69, 9.17) is 5.10 Å². The Morgan fingerprint density at radius 2 is 1.67 bits per heavy atom. The maximum atomic E-state index is 13.2. The van der Waals surface area contributed by atoms with Crippen molar-refractivity contribution in [3.63, 3.8) is 0 Å². The topological polar surface area (TPSA) is 46.9 Å². The predicted octanol–water partition coefficient (Wildman–Crippen LogP) is 5.70. The van der Waals surface area contributed by atoms with E-state index in [1.165, 1.54) is 0 Å². The number of carbonyl (C=O) groups is 1. The maximum absolute atomic E-state index is 13.2. The van der Waals surface area contributed by atoms with Crippen molar-refractivity contribution in [2.75, 3.05) is 0 Å². The molecule has 1 unspecified atom stereocenters. The lowest BCUT2D eigenvalue weighted by Gasteiger charge is -2.13. The van der Waals surface area contributed by atoms with Gasteiger partial charge in [0.2, 0.25) is 0 Å². The summed E-state index contributed by atoms with van der Waals surface area (Å²) in [4.78, 5) is 13.2. The van der Waals surface area contributed by atoms with Gasteiger partial charge in [-0.1, -0.05) is 83.5 Å². The maximum Gasteiger partial charge on any atom is 0.271 e. The number of benzene rings is 3. The molecule has 0 bridgehead atoms. The lowest BCUT2D eigenvalue weighted by molar-refractivity contribution is 0.0953. The first-order chi connectivity index (χ1) is 14.7. The van der Waals surface area contributed by atoms with E-state index < -0.39 is 0 Å². The van der Waals surface area contributed by atoms with Crippen LogP contribution in [0.1, 0.15) is 40.1 Å². The Kier molecular flexibility index (Phi) is 4.75. The number of para-hydroxylation sites is 1. The minimum atomic E-state index is -0.238. The lowest BCUT2D eigenvalue weighted by Crippen LogP contribution is -2.22. The van der Waals surface area contributed by atoms with E-state index in [1.54, 1.807) is 0 Å². The van der Waals surface area contributed by atoms with Crippen molar-refractivity contribution in [1.29, 1.82) is 0 Å². The molecule has 4 aromatic rings. The molecule has 5 heteroatoms. The van der Waals surface area contributed by atoms with Crippen molar-refractivity contribution < 1.29 is 4.79 Å². The number of nitrogens with zero attached hydrogens (tertiary/aromatic N) is 2. The van der Waals surface area contributed by atoms with E-state index in [0.29, 0.717) is 5.69 Å². The monoisotopic (exact) mass is 457 g/mol. The van der Waals surface area contributed by atoms with Crippen LogP contribution in [0.4, 0.5) is 0 Å². The molecule has 2 heterocycles. The van der Waals surface area contributed by atoms with Gasteiger partial charge in [-0.3, -0.25) is 4.79 Å². The third-order valence-corrected chi connectivity index (χ3v) is 6.08. The van der Waals surface area contributed by atoms with Crippen LogP contribution in [-0.4, -0.2) is 15.7 Å². The van der Waals surface area contributed by atoms with E-state index in [0.717, 1.165) is 44.5 Å². The van der Waals surface area contributed by atoms with Gasteiger partial charge in [0.25, 0.3) is 5.91 Å². The molecule has 3 aromatic carbocycles. The average Bonchev–Trinajstić information content (AvgIpc) is 3.34. The quantitative estimate of drug-likeness (QED) is 0.427. The van der Waals surface area contributed by atoms with Crippen LogP contribution in [0.2, 0.25) is 0 Å². The number of aryl methyl sites for hydroxylation is 1. The van der Waals surface area contributed by atoms with Gasteiger partial charge in [-0.2, -0.15) is 5.10 Å². The lowest BCUT2D eigenvalue weighted by atomic mass is 9.97. The normalized spacial score (nSPS) is 15.1. The molecule has 1 aliphatic rings. The van der Waals surface area contributed by atoms with Gasteiger partial charge in [0.05, 0.1) is 17.4 Å². The van der Waals surface area contributed by atoms with Crippen molar-refractivity contribution >= 4 is 21.8 Å². The smallest absolute Gasteiger partial charge is 0.271 e. The second kappa shape index (κ2) is 7.58. The van der Waals surface area contributed by atoms with Gasteiger partial charge in [-0.05, 0) is 35.7 Å². The molecule has 1 aromatic heterocycles. The molecule has 30 heavy (non-hydrogen) atoms. The van der Waals surface area contributed by atoms with Gasteiger partial charge < -0.3 is 5.32 Å². The Hall–Kier alpha value is -3.18. The first-order valence-corrected chi connectivity index (χ1v) is 10.8. The molecule has 0 saturated carbocycles. The molecule has 0 fully saturated rings. The van der Waals surface area contributed by atoms with Crippen molar-refractivity contribution in [3.05, 3.63) is 106 Å². The molecule has 1 aliphatic heterocycles. The molecule has 148 valence electrons. The number of halogens is 1. The molecule has 1 atom stereocenters. The summed E-state index contributed by atoms with van der Waals surface area (Å²) < 4.78 is 2.83. The summed E-state index contributed by atoms with van der Waals surface area (Å²) >= 11 is 3.50.